The van der Waals surface area contributed by atoms with E-state index in [1.54, 1.807) is 65.7 Å². The summed E-state index contributed by atoms with van der Waals surface area (Å²) in [5, 5.41) is 8.42. The number of aromatic nitrogens is 2. The average molecular weight is 809 g/mol. The Morgan fingerprint density at radius 1 is 0.746 bits per heavy atom. The van der Waals surface area contributed by atoms with Gasteiger partial charge in [-0.25, -0.2) is 19.0 Å². The van der Waals surface area contributed by atoms with Crippen LogP contribution in [-0.4, -0.2) is 102 Å². The molecule has 0 bridgehead atoms. The standard InChI is InChI=1S/C43H49FN8O7/c1-58-42(56)48-36(27-11-5-3-6-12-27)40(54)51-21-9-15-34(51)38-45-26-32(47-38)29-17-18-33(31(44)25-29)50-23-19-30(20-24-50)46-39(53)35-16-10-22-52(35)41(55)37(49-43(57)59-2)28-13-7-4-8-14-28/h3-8,11-14,17-18,25-26,30,34-37H,9-10,15-16,19-24H2,1-2H3,(H,45,47)(H,46,53)(H,48,56)(H,49,57). The fraction of sp³-hybridized carbons (Fsp3) is 0.395. The van der Waals surface area contributed by atoms with E-state index in [9.17, 15) is 24.0 Å². The van der Waals surface area contributed by atoms with E-state index in [0.29, 0.717) is 92.2 Å². The van der Waals surface area contributed by atoms with Gasteiger partial charge in [-0.1, -0.05) is 66.7 Å². The molecule has 3 fully saturated rings. The predicted molar refractivity (Wildman–Crippen MR) is 215 cm³/mol. The molecule has 310 valence electrons. The summed E-state index contributed by atoms with van der Waals surface area (Å²) in [6.07, 6.45) is 3.94. The maximum Gasteiger partial charge on any atom is 0.407 e. The van der Waals surface area contributed by atoms with Crippen molar-refractivity contribution in [2.75, 3.05) is 45.3 Å². The van der Waals surface area contributed by atoms with Crippen LogP contribution in [0.2, 0.25) is 0 Å². The number of nitrogens with one attached hydrogen (secondary N) is 4. The number of piperidine rings is 1. The number of H-pyrrole nitrogens is 1. The van der Waals surface area contributed by atoms with E-state index in [2.05, 4.69) is 25.9 Å². The number of anilines is 1. The molecule has 0 saturated carbocycles. The average Bonchev–Trinajstić information content (AvgIpc) is 4.07. The number of imidazole rings is 1. The molecule has 4 atom stereocenters. The second-order valence-corrected chi connectivity index (χ2v) is 15.0. The summed E-state index contributed by atoms with van der Waals surface area (Å²) in [5.74, 6) is -0.724. The Balaban J connectivity index is 0.954. The number of methoxy groups -OCH3 is 2. The number of alkyl carbamates (subject to hydrolysis) is 2. The molecule has 3 aliphatic rings. The van der Waals surface area contributed by atoms with Crippen LogP contribution in [0.1, 0.15) is 73.6 Å². The molecule has 4 unspecified atom stereocenters. The minimum absolute atomic E-state index is 0.151. The zero-order chi connectivity index (χ0) is 41.5. The third-order valence-corrected chi connectivity index (χ3v) is 11.4. The lowest BCUT2D eigenvalue weighted by atomic mass is 10.0. The second-order valence-electron chi connectivity index (χ2n) is 15.0. The minimum atomic E-state index is -0.998. The van der Waals surface area contributed by atoms with Gasteiger partial charge in [0.2, 0.25) is 5.91 Å². The Bertz CT molecular complexity index is 2130. The van der Waals surface area contributed by atoms with Gasteiger partial charge < -0.3 is 45.1 Å². The molecule has 0 spiro atoms. The first-order chi connectivity index (χ1) is 28.6. The topological polar surface area (TPSA) is 178 Å². The number of carbonyl (C=O) groups is 5. The Morgan fingerprint density at radius 3 is 1.92 bits per heavy atom. The van der Waals surface area contributed by atoms with Crippen molar-refractivity contribution < 1.29 is 37.8 Å². The van der Waals surface area contributed by atoms with Gasteiger partial charge in [0.25, 0.3) is 11.8 Å². The molecular formula is C43H49FN8O7. The van der Waals surface area contributed by atoms with E-state index >= 15 is 4.39 Å². The molecule has 3 saturated heterocycles. The molecule has 5 amide bonds. The summed E-state index contributed by atoms with van der Waals surface area (Å²) < 4.78 is 25.3. The molecule has 4 aromatic rings. The van der Waals surface area contributed by atoms with Gasteiger partial charge in [0.05, 0.1) is 37.8 Å². The Hall–Kier alpha value is -6.45. The van der Waals surface area contributed by atoms with Crippen LogP contribution in [0.4, 0.5) is 19.7 Å². The van der Waals surface area contributed by atoms with Gasteiger partial charge in [0, 0.05) is 37.8 Å². The van der Waals surface area contributed by atoms with Crippen LogP contribution in [0.5, 0.6) is 0 Å². The van der Waals surface area contributed by atoms with Crippen molar-refractivity contribution >= 4 is 35.6 Å². The van der Waals surface area contributed by atoms with Crippen molar-refractivity contribution in [3.63, 3.8) is 0 Å². The smallest absolute Gasteiger partial charge is 0.407 e. The quantitative estimate of drug-likeness (QED) is 0.160. The maximum atomic E-state index is 15.8. The highest BCUT2D eigenvalue weighted by atomic mass is 19.1. The predicted octanol–water partition coefficient (Wildman–Crippen LogP) is 5.15. The van der Waals surface area contributed by atoms with Crippen LogP contribution in [-0.2, 0) is 23.9 Å². The molecule has 15 nitrogen and oxygen atoms in total. The highest BCUT2D eigenvalue weighted by Gasteiger charge is 2.40. The van der Waals surface area contributed by atoms with E-state index in [-0.39, 0.29) is 29.8 Å². The Morgan fingerprint density at radius 2 is 1.32 bits per heavy atom. The maximum absolute atomic E-state index is 15.8. The van der Waals surface area contributed by atoms with Gasteiger partial charge >= 0.3 is 12.2 Å². The summed E-state index contributed by atoms with van der Waals surface area (Å²) in [4.78, 5) is 78.7. The van der Waals surface area contributed by atoms with E-state index in [4.69, 9.17) is 9.47 Å². The molecule has 0 aliphatic carbocycles. The number of nitrogens with zero attached hydrogens (tertiary/aromatic N) is 4. The lowest BCUT2D eigenvalue weighted by Crippen LogP contribution is -2.53. The number of likely N-dealkylation sites (tertiary alicyclic amines) is 2. The number of carbonyl (C=O) groups excluding carboxylic acids is 5. The number of halogens is 1. The fourth-order valence-electron chi connectivity index (χ4n) is 8.31. The molecule has 59 heavy (non-hydrogen) atoms. The summed E-state index contributed by atoms with van der Waals surface area (Å²) in [6, 6.07) is 19.8. The van der Waals surface area contributed by atoms with Crippen molar-refractivity contribution in [1.29, 1.82) is 0 Å². The van der Waals surface area contributed by atoms with Crippen LogP contribution in [0, 0.1) is 5.82 Å². The normalized spacial score (nSPS) is 19.1. The number of aromatic amines is 1. The molecule has 4 heterocycles. The van der Waals surface area contributed by atoms with Gasteiger partial charge in [0.1, 0.15) is 29.8 Å². The first kappa shape index (κ1) is 40.7. The lowest BCUT2D eigenvalue weighted by molar-refractivity contribution is -0.140. The van der Waals surface area contributed by atoms with E-state index in [0.717, 1.165) is 6.42 Å². The van der Waals surface area contributed by atoms with Gasteiger partial charge in [-0.2, -0.15) is 0 Å². The van der Waals surface area contributed by atoms with Crippen molar-refractivity contribution in [2.45, 2.75) is 68.7 Å². The van der Waals surface area contributed by atoms with Crippen molar-refractivity contribution in [3.05, 3.63) is 108 Å². The second kappa shape index (κ2) is 18.4. The van der Waals surface area contributed by atoms with E-state index < -0.39 is 36.1 Å². The number of rotatable bonds is 11. The molecular weight excluding hydrogens is 760 g/mol. The van der Waals surface area contributed by atoms with Crippen LogP contribution >= 0.6 is 0 Å². The van der Waals surface area contributed by atoms with Crippen LogP contribution in [0.3, 0.4) is 0 Å². The van der Waals surface area contributed by atoms with Gasteiger partial charge in [-0.15, -0.1) is 0 Å². The minimum Gasteiger partial charge on any atom is -0.453 e. The first-order valence-corrected chi connectivity index (χ1v) is 19.9. The molecule has 3 aliphatic heterocycles. The van der Waals surface area contributed by atoms with Crippen molar-refractivity contribution in [1.82, 2.24) is 35.7 Å². The van der Waals surface area contributed by atoms with Gasteiger partial charge in [-0.05, 0) is 61.8 Å². The van der Waals surface area contributed by atoms with Crippen LogP contribution in [0.25, 0.3) is 11.3 Å². The summed E-state index contributed by atoms with van der Waals surface area (Å²) >= 11 is 0. The van der Waals surface area contributed by atoms with Gasteiger partial charge in [0.15, 0.2) is 0 Å². The number of amides is 5. The number of benzene rings is 3. The lowest BCUT2D eigenvalue weighted by Gasteiger charge is -2.35. The molecule has 7 rings (SSSR count). The van der Waals surface area contributed by atoms with E-state index in [1.165, 1.54) is 25.2 Å². The highest BCUT2D eigenvalue weighted by Crippen LogP contribution is 2.35. The van der Waals surface area contributed by atoms with Gasteiger partial charge in [-0.3, -0.25) is 14.4 Å². The van der Waals surface area contributed by atoms with E-state index in [1.807, 2.05) is 23.1 Å². The van der Waals surface area contributed by atoms with Crippen LogP contribution < -0.4 is 20.9 Å². The fourth-order valence-corrected chi connectivity index (χ4v) is 8.31. The van der Waals surface area contributed by atoms with Crippen LogP contribution in [0.15, 0.2) is 85.1 Å². The Kier molecular flexibility index (Phi) is 12.7. The number of ether oxygens (including phenoxy) is 2. The zero-order valence-corrected chi connectivity index (χ0v) is 33.1. The number of hydrogen-bond acceptors (Lipinski definition) is 9. The third-order valence-electron chi connectivity index (χ3n) is 11.4. The SMILES string of the molecule is COC(=O)NC(C(=O)N1CCCC1C(=O)NC1CCN(c2ccc(-c3cnc(C4CCCN4C(=O)C(NC(=O)OC)c4ccccc4)[nH]3)cc2F)CC1)c1ccccc1. The summed E-state index contributed by atoms with van der Waals surface area (Å²) in [6.45, 7) is 1.91. The summed E-state index contributed by atoms with van der Waals surface area (Å²) in [7, 11) is 2.48. The van der Waals surface area contributed by atoms with Crippen molar-refractivity contribution in [2.24, 2.45) is 0 Å². The molecule has 1 aromatic heterocycles. The first-order valence-electron chi connectivity index (χ1n) is 19.9. The monoisotopic (exact) mass is 808 g/mol. The highest BCUT2D eigenvalue weighted by molar-refractivity contribution is 5.92. The molecule has 16 heteroatoms. The molecule has 0 radical (unpaired) electrons. The molecule has 4 N–H and O–H groups in total. The van der Waals surface area contributed by atoms with Crippen molar-refractivity contribution in [3.8, 4) is 11.3 Å². The largest absolute Gasteiger partial charge is 0.453 e. The molecule has 3 aromatic carbocycles. The third kappa shape index (κ3) is 9.16. The number of hydrogen-bond donors (Lipinski definition) is 4. The zero-order valence-electron chi connectivity index (χ0n) is 33.1. The summed E-state index contributed by atoms with van der Waals surface area (Å²) in [5.41, 5.74) is 2.88. The Labute approximate surface area is 341 Å².